The highest BCUT2D eigenvalue weighted by molar-refractivity contribution is 8.28. The topological polar surface area (TPSA) is 150 Å². The van der Waals surface area contributed by atoms with Gasteiger partial charge in [0.2, 0.25) is 5.91 Å². The van der Waals surface area contributed by atoms with Crippen molar-refractivity contribution in [3.8, 4) is 0 Å². The highest BCUT2D eigenvalue weighted by atomic mass is 32.1. The van der Waals surface area contributed by atoms with Crippen LogP contribution in [0.25, 0.3) is 0 Å². The zero-order chi connectivity index (χ0) is 14.4. The summed E-state index contributed by atoms with van der Waals surface area (Å²) in [5, 5.41) is 8.38. The third-order valence-corrected chi connectivity index (χ3v) is 5.47. The molecule has 9 nitrogen and oxygen atoms in total. The molecule has 0 bridgehead atoms. The smallest absolute Gasteiger partial charge is 0.396 e. The molecule has 1 aromatic rings. The van der Waals surface area contributed by atoms with Crippen molar-refractivity contribution in [1.82, 2.24) is 9.55 Å². The number of nitrogens with zero attached hydrogens (tertiary/aromatic N) is 2. The molecular weight excluding hydrogens is 286 g/mol. The summed E-state index contributed by atoms with van der Waals surface area (Å²) < 4.78 is 21.2. The van der Waals surface area contributed by atoms with Crippen molar-refractivity contribution in [2.45, 2.75) is 6.42 Å². The van der Waals surface area contributed by atoms with E-state index in [0.29, 0.717) is 6.66 Å². The van der Waals surface area contributed by atoms with E-state index < -0.39 is 14.3 Å². The fourth-order valence-corrected chi connectivity index (χ4v) is 0.631. The molecule has 0 aromatic carbocycles. The molecule has 0 amide bonds. The van der Waals surface area contributed by atoms with Gasteiger partial charge in [-0.3, -0.25) is 13.9 Å². The van der Waals surface area contributed by atoms with E-state index in [1.165, 1.54) is 17.1 Å². The number of carbonyl (C=O) groups excluding carboxylic acids is 1. The van der Waals surface area contributed by atoms with Crippen LogP contribution in [0, 0.1) is 0 Å². The first kappa shape index (κ1) is 17.2. The molecule has 0 aliphatic rings. The predicted octanol–water partition coefficient (Wildman–Crippen LogP) is -0.115. The van der Waals surface area contributed by atoms with E-state index in [2.05, 4.69) is 4.98 Å². The van der Waals surface area contributed by atoms with Crippen molar-refractivity contribution < 1.29 is 33.7 Å². The van der Waals surface area contributed by atoms with E-state index in [9.17, 15) is 13.9 Å². The molecule has 0 radical (unpaired) electrons. The van der Waals surface area contributed by atoms with Gasteiger partial charge in [0.1, 0.15) is 6.33 Å². The Labute approximate surface area is 103 Å². The second kappa shape index (κ2) is 6.94. The normalized spacial score (nSPS) is 14.3. The fourth-order valence-electron chi connectivity index (χ4n) is 0.631. The first-order chi connectivity index (χ1) is 8.09. The summed E-state index contributed by atoms with van der Waals surface area (Å²) in [5.41, 5.74) is 0. The van der Waals surface area contributed by atoms with Crippen LogP contribution in [0.2, 0.25) is 0 Å². The lowest BCUT2D eigenvalue weighted by Gasteiger charge is -2.04. The van der Waals surface area contributed by atoms with Gasteiger partial charge < -0.3 is 19.8 Å². The minimum Gasteiger partial charge on any atom is -0.396 e. The number of aliphatic hydroxyl groups excluding tert-OH is 1. The highest BCUT2D eigenvalue weighted by Gasteiger charge is 2.33. The minimum atomic E-state index is -4.74. The summed E-state index contributed by atoms with van der Waals surface area (Å²) in [7, 11) is -8.92. The molecule has 104 valence electrons. The van der Waals surface area contributed by atoms with Crippen molar-refractivity contribution in [3.05, 3.63) is 18.7 Å². The Morgan fingerprint density at radius 1 is 1.33 bits per heavy atom. The summed E-state index contributed by atoms with van der Waals surface area (Å²) in [6.07, 6.45) is 4.64. The van der Waals surface area contributed by atoms with Crippen LogP contribution in [0.1, 0.15) is 11.2 Å². The molecule has 1 heterocycles. The molecule has 18 heavy (non-hydrogen) atoms. The van der Waals surface area contributed by atoms with E-state index in [1.807, 2.05) is 0 Å². The van der Waals surface area contributed by atoms with E-state index in [-0.39, 0.29) is 18.9 Å². The zero-order valence-electron chi connectivity index (χ0n) is 9.45. The molecular formula is C7H14N2O7P2. The van der Waals surface area contributed by atoms with Crippen LogP contribution in [0.5, 0.6) is 0 Å². The molecule has 0 aliphatic carbocycles. The zero-order valence-corrected chi connectivity index (χ0v) is 11.2. The summed E-state index contributed by atoms with van der Waals surface area (Å²) >= 11 is 0. The molecule has 1 unspecified atom stereocenters. The van der Waals surface area contributed by atoms with Crippen LogP contribution in [-0.2, 0) is 9.13 Å². The second-order valence-electron chi connectivity index (χ2n) is 3.19. The van der Waals surface area contributed by atoms with Crippen LogP contribution < -0.4 is 0 Å². The Balaban J connectivity index is 0.000000331. The Bertz CT molecular complexity index is 440. The number of aromatic nitrogens is 2. The average molecular weight is 300 g/mol. The van der Waals surface area contributed by atoms with Gasteiger partial charge in [-0.25, -0.2) is 9.55 Å². The standard InChI is InChI=1S/C6H8N2O2.CH6O5P2/c9-4-1-6(10)8-3-2-7-5-8;1-7(2,3)8(4,5)6/h2-3,5,9H,1,4H2;1H3,(H,2,3)(H2,4,5,6). The summed E-state index contributed by atoms with van der Waals surface area (Å²) in [5.74, 6) is -0.139. The molecule has 1 rings (SSSR count). The Hall–Kier alpha value is -0.820. The maximum absolute atomic E-state index is 10.9. The van der Waals surface area contributed by atoms with E-state index >= 15 is 0 Å². The molecule has 1 atom stereocenters. The molecule has 0 fully saturated rings. The molecule has 0 spiro atoms. The largest absolute Gasteiger partial charge is 0.407 e. The number of hydrogen-bond donors (Lipinski definition) is 4. The maximum Gasteiger partial charge on any atom is 0.407 e. The van der Waals surface area contributed by atoms with Crippen molar-refractivity contribution in [2.24, 2.45) is 0 Å². The lowest BCUT2D eigenvalue weighted by Crippen LogP contribution is -2.09. The summed E-state index contributed by atoms with van der Waals surface area (Å²) in [4.78, 5) is 38.6. The third-order valence-electron chi connectivity index (χ3n) is 1.60. The van der Waals surface area contributed by atoms with Crippen molar-refractivity contribution >= 4 is 20.2 Å². The molecule has 4 N–H and O–H groups in total. The van der Waals surface area contributed by atoms with Gasteiger partial charge in [-0.2, -0.15) is 0 Å². The van der Waals surface area contributed by atoms with Crippen molar-refractivity contribution in [2.75, 3.05) is 13.3 Å². The average Bonchev–Trinajstić information content (AvgIpc) is 2.68. The van der Waals surface area contributed by atoms with E-state index in [1.54, 1.807) is 6.20 Å². The second-order valence-corrected chi connectivity index (χ2v) is 9.67. The van der Waals surface area contributed by atoms with Crippen molar-refractivity contribution in [1.29, 1.82) is 0 Å². The number of carbonyl (C=O) groups is 1. The molecule has 11 heteroatoms. The van der Waals surface area contributed by atoms with Crippen LogP contribution in [-0.4, -0.2) is 48.5 Å². The first-order valence-electron chi connectivity index (χ1n) is 4.58. The SMILES string of the molecule is CP(=O)(O)P(=O)(O)O.O=C(CCO)n1ccnc1. The van der Waals surface area contributed by atoms with Crippen LogP contribution >= 0.6 is 14.3 Å². The number of hydrogen-bond acceptors (Lipinski definition) is 5. The summed E-state index contributed by atoms with van der Waals surface area (Å²) in [6.45, 7) is 0.505. The van der Waals surface area contributed by atoms with Gasteiger partial charge in [0.05, 0.1) is 13.0 Å². The Kier molecular flexibility index (Phi) is 6.62. The molecule has 0 saturated carbocycles. The van der Waals surface area contributed by atoms with Gasteiger partial charge >= 0.3 is 14.3 Å². The molecule has 0 aliphatic heterocycles. The van der Waals surface area contributed by atoms with Crippen LogP contribution in [0.3, 0.4) is 0 Å². The lowest BCUT2D eigenvalue weighted by atomic mass is 10.4. The fraction of sp³-hybridized carbons (Fsp3) is 0.429. The number of imidazole rings is 1. The molecule has 0 saturated heterocycles. The first-order valence-corrected chi connectivity index (χ1v) is 9.00. The van der Waals surface area contributed by atoms with Gasteiger partial charge in [-0.1, -0.05) is 0 Å². The summed E-state index contributed by atoms with van der Waals surface area (Å²) in [6, 6.07) is 0. The van der Waals surface area contributed by atoms with E-state index in [4.69, 9.17) is 19.8 Å². The van der Waals surface area contributed by atoms with Gasteiger partial charge in [-0.05, 0) is 0 Å². The monoisotopic (exact) mass is 300 g/mol. The Morgan fingerprint density at radius 2 is 1.83 bits per heavy atom. The third kappa shape index (κ3) is 6.20. The van der Waals surface area contributed by atoms with Gasteiger partial charge in [-0.15, -0.1) is 0 Å². The van der Waals surface area contributed by atoms with Crippen LogP contribution in [0.15, 0.2) is 18.7 Å². The maximum atomic E-state index is 10.9. The van der Waals surface area contributed by atoms with Gasteiger partial charge in [0.25, 0.3) is 0 Å². The van der Waals surface area contributed by atoms with Crippen LogP contribution in [0.4, 0.5) is 0 Å². The van der Waals surface area contributed by atoms with Gasteiger partial charge in [0.15, 0.2) is 0 Å². The minimum absolute atomic E-state index is 0.114. The quantitative estimate of drug-likeness (QED) is 0.564. The Morgan fingerprint density at radius 3 is 2.11 bits per heavy atom. The predicted molar refractivity (Wildman–Crippen MR) is 62.3 cm³/mol. The number of rotatable bonds is 3. The number of aliphatic hydroxyl groups is 1. The lowest BCUT2D eigenvalue weighted by molar-refractivity contribution is 0.0875. The van der Waals surface area contributed by atoms with Crippen molar-refractivity contribution in [3.63, 3.8) is 0 Å². The highest BCUT2D eigenvalue weighted by Crippen LogP contribution is 2.71. The van der Waals surface area contributed by atoms with Gasteiger partial charge in [0, 0.05) is 19.1 Å². The molecule has 1 aromatic heterocycles. The van der Waals surface area contributed by atoms with E-state index in [0.717, 1.165) is 0 Å².